The Labute approximate surface area is 112 Å². The summed E-state index contributed by atoms with van der Waals surface area (Å²) >= 11 is 4.88. The number of rotatable bonds is 4. The zero-order valence-corrected chi connectivity index (χ0v) is 11.2. The van der Waals surface area contributed by atoms with Crippen LogP contribution in [0.15, 0.2) is 18.2 Å². The minimum Gasteiger partial charge on any atom is -0.389 e. The lowest BCUT2D eigenvalue weighted by Gasteiger charge is -2.23. The third kappa shape index (κ3) is 3.25. The first kappa shape index (κ1) is 13.4. The molecule has 1 unspecified atom stereocenters. The second kappa shape index (κ2) is 5.73. The van der Waals surface area contributed by atoms with Crippen molar-refractivity contribution in [2.75, 3.05) is 20.3 Å². The van der Waals surface area contributed by atoms with Gasteiger partial charge in [0.05, 0.1) is 6.61 Å². The van der Waals surface area contributed by atoms with Crippen LogP contribution in [-0.2, 0) is 11.3 Å². The van der Waals surface area contributed by atoms with Gasteiger partial charge in [0.15, 0.2) is 0 Å². The lowest BCUT2D eigenvalue weighted by molar-refractivity contribution is 0.156. The first-order valence-corrected chi connectivity index (χ1v) is 6.34. The highest BCUT2D eigenvalue weighted by Gasteiger charge is 2.20. The monoisotopic (exact) mass is 268 g/mol. The Bertz CT molecular complexity index is 447. The van der Waals surface area contributed by atoms with Gasteiger partial charge in [-0.25, -0.2) is 4.39 Å². The number of hydrogen-bond acceptors (Lipinski definition) is 3. The Morgan fingerprint density at radius 1 is 1.56 bits per heavy atom. The molecule has 1 aliphatic rings. The molecule has 0 radical (unpaired) electrons. The standard InChI is InChI=1S/C13H17FN2OS/c1-16(12-2-3-17-8-12)7-9-4-10(13(15)18)6-11(14)5-9/h4-6,12H,2-3,7-8H2,1H3,(H2,15,18). The lowest BCUT2D eigenvalue weighted by atomic mass is 10.1. The van der Waals surface area contributed by atoms with E-state index in [0.29, 0.717) is 18.2 Å². The summed E-state index contributed by atoms with van der Waals surface area (Å²) in [7, 11) is 2.02. The van der Waals surface area contributed by atoms with E-state index in [0.717, 1.165) is 25.2 Å². The van der Waals surface area contributed by atoms with Gasteiger partial charge in [-0.15, -0.1) is 0 Å². The van der Waals surface area contributed by atoms with Crippen molar-refractivity contribution in [2.45, 2.75) is 19.0 Å². The van der Waals surface area contributed by atoms with Crippen molar-refractivity contribution >= 4 is 17.2 Å². The Kier molecular flexibility index (Phi) is 4.27. The van der Waals surface area contributed by atoms with E-state index < -0.39 is 0 Å². The van der Waals surface area contributed by atoms with Gasteiger partial charge in [-0.1, -0.05) is 12.2 Å². The molecule has 2 N–H and O–H groups in total. The number of hydrogen-bond donors (Lipinski definition) is 1. The predicted octanol–water partition coefficient (Wildman–Crippen LogP) is 1.68. The van der Waals surface area contributed by atoms with Crippen molar-refractivity contribution in [3.63, 3.8) is 0 Å². The fraction of sp³-hybridized carbons (Fsp3) is 0.462. The molecule has 1 aliphatic heterocycles. The van der Waals surface area contributed by atoms with Crippen LogP contribution in [0.25, 0.3) is 0 Å². The first-order chi connectivity index (χ1) is 8.56. The molecule has 1 aromatic rings. The first-order valence-electron chi connectivity index (χ1n) is 5.93. The molecule has 0 aromatic heterocycles. The van der Waals surface area contributed by atoms with E-state index >= 15 is 0 Å². The Hall–Kier alpha value is -1.04. The van der Waals surface area contributed by atoms with Crippen LogP contribution in [0.2, 0.25) is 0 Å². The molecule has 1 atom stereocenters. The summed E-state index contributed by atoms with van der Waals surface area (Å²) in [5, 5.41) is 0. The third-order valence-electron chi connectivity index (χ3n) is 3.20. The second-order valence-electron chi connectivity index (χ2n) is 4.64. The fourth-order valence-corrected chi connectivity index (χ4v) is 2.29. The van der Waals surface area contributed by atoms with E-state index in [1.54, 1.807) is 0 Å². The van der Waals surface area contributed by atoms with E-state index in [2.05, 4.69) is 4.90 Å². The van der Waals surface area contributed by atoms with Gasteiger partial charge in [0, 0.05) is 24.8 Å². The van der Waals surface area contributed by atoms with Crippen LogP contribution in [0.5, 0.6) is 0 Å². The minimum atomic E-state index is -0.300. The number of halogens is 1. The molecular formula is C13H17FN2OS. The molecule has 98 valence electrons. The highest BCUT2D eigenvalue weighted by molar-refractivity contribution is 7.80. The summed E-state index contributed by atoms with van der Waals surface area (Å²) in [5.74, 6) is -0.300. The van der Waals surface area contributed by atoms with Gasteiger partial charge in [0.2, 0.25) is 0 Å². The van der Waals surface area contributed by atoms with Crippen LogP contribution in [0.1, 0.15) is 17.5 Å². The normalized spacial score (nSPS) is 19.4. The number of nitrogens with zero attached hydrogens (tertiary/aromatic N) is 1. The summed E-state index contributed by atoms with van der Waals surface area (Å²) in [6.07, 6.45) is 1.02. The van der Waals surface area contributed by atoms with Crippen LogP contribution >= 0.6 is 12.2 Å². The van der Waals surface area contributed by atoms with Crippen molar-refractivity contribution in [3.8, 4) is 0 Å². The summed E-state index contributed by atoms with van der Waals surface area (Å²) < 4.78 is 18.8. The fourth-order valence-electron chi connectivity index (χ4n) is 2.17. The van der Waals surface area contributed by atoms with Crippen molar-refractivity contribution < 1.29 is 9.13 Å². The van der Waals surface area contributed by atoms with E-state index in [9.17, 15) is 4.39 Å². The Balaban J connectivity index is 2.10. The van der Waals surface area contributed by atoms with Crippen molar-refractivity contribution in [1.29, 1.82) is 0 Å². The zero-order valence-electron chi connectivity index (χ0n) is 10.4. The number of likely N-dealkylation sites (N-methyl/N-ethyl adjacent to an activating group) is 1. The van der Waals surface area contributed by atoms with E-state index in [4.69, 9.17) is 22.7 Å². The van der Waals surface area contributed by atoms with Gasteiger partial charge in [0.25, 0.3) is 0 Å². The maximum Gasteiger partial charge on any atom is 0.124 e. The molecule has 0 amide bonds. The van der Waals surface area contributed by atoms with Crippen LogP contribution in [-0.4, -0.2) is 36.2 Å². The van der Waals surface area contributed by atoms with E-state index in [1.807, 2.05) is 13.1 Å². The molecule has 0 saturated carbocycles. The smallest absolute Gasteiger partial charge is 0.124 e. The van der Waals surface area contributed by atoms with Crippen molar-refractivity contribution in [1.82, 2.24) is 4.90 Å². The van der Waals surface area contributed by atoms with Gasteiger partial charge in [0.1, 0.15) is 10.8 Å². The van der Waals surface area contributed by atoms with Gasteiger partial charge in [-0.05, 0) is 37.2 Å². The summed E-state index contributed by atoms with van der Waals surface area (Å²) in [4.78, 5) is 2.40. The van der Waals surface area contributed by atoms with E-state index in [1.165, 1.54) is 12.1 Å². The average Bonchev–Trinajstić information content (AvgIpc) is 2.81. The molecule has 18 heavy (non-hydrogen) atoms. The van der Waals surface area contributed by atoms with Gasteiger partial charge < -0.3 is 10.5 Å². The van der Waals surface area contributed by atoms with Gasteiger partial charge >= 0.3 is 0 Å². The molecule has 3 nitrogen and oxygen atoms in total. The highest BCUT2D eigenvalue weighted by Crippen LogP contribution is 2.16. The molecule has 0 bridgehead atoms. The second-order valence-corrected chi connectivity index (χ2v) is 5.08. The Morgan fingerprint density at radius 3 is 2.94 bits per heavy atom. The van der Waals surface area contributed by atoms with Crippen LogP contribution < -0.4 is 5.73 Å². The van der Waals surface area contributed by atoms with Gasteiger partial charge in [-0.3, -0.25) is 4.90 Å². The number of thiocarbonyl (C=S) groups is 1. The third-order valence-corrected chi connectivity index (χ3v) is 3.44. The molecule has 1 saturated heterocycles. The molecule has 1 aromatic carbocycles. The summed E-state index contributed by atoms with van der Waals surface area (Å²) in [6, 6.07) is 5.14. The van der Waals surface area contributed by atoms with Crippen molar-refractivity contribution in [2.24, 2.45) is 5.73 Å². The number of benzene rings is 1. The SMILES string of the molecule is CN(Cc1cc(F)cc(C(N)=S)c1)C1CCOC1. The largest absolute Gasteiger partial charge is 0.389 e. The average molecular weight is 268 g/mol. The highest BCUT2D eigenvalue weighted by atomic mass is 32.1. The number of ether oxygens (including phenoxy) is 1. The quantitative estimate of drug-likeness (QED) is 0.843. The van der Waals surface area contributed by atoms with E-state index in [-0.39, 0.29) is 10.8 Å². The maximum absolute atomic E-state index is 13.5. The lowest BCUT2D eigenvalue weighted by Crippen LogP contribution is -2.31. The topological polar surface area (TPSA) is 38.5 Å². The zero-order chi connectivity index (χ0) is 13.1. The molecule has 0 aliphatic carbocycles. The summed E-state index contributed by atoms with van der Waals surface area (Å²) in [6.45, 7) is 2.21. The molecule has 2 rings (SSSR count). The molecular weight excluding hydrogens is 251 g/mol. The number of nitrogens with two attached hydrogens (primary N) is 1. The minimum absolute atomic E-state index is 0.225. The maximum atomic E-state index is 13.5. The van der Waals surface area contributed by atoms with Crippen LogP contribution in [0, 0.1) is 5.82 Å². The van der Waals surface area contributed by atoms with Crippen LogP contribution in [0.4, 0.5) is 4.39 Å². The summed E-state index contributed by atoms with van der Waals surface area (Å²) in [5.41, 5.74) is 7.00. The molecule has 5 heteroatoms. The molecule has 1 fully saturated rings. The Morgan fingerprint density at radius 2 is 2.33 bits per heavy atom. The molecule has 1 heterocycles. The van der Waals surface area contributed by atoms with Gasteiger partial charge in [-0.2, -0.15) is 0 Å². The molecule has 0 spiro atoms. The van der Waals surface area contributed by atoms with Crippen LogP contribution in [0.3, 0.4) is 0 Å². The predicted molar refractivity (Wildman–Crippen MR) is 73.0 cm³/mol. The van der Waals surface area contributed by atoms with Crippen molar-refractivity contribution in [3.05, 3.63) is 35.1 Å².